The predicted octanol–water partition coefficient (Wildman–Crippen LogP) is 2.42. The van der Waals surface area contributed by atoms with Crippen LogP contribution in [0.2, 0.25) is 0 Å². The van der Waals surface area contributed by atoms with Gasteiger partial charge in [-0.1, -0.05) is 0 Å². The van der Waals surface area contributed by atoms with Gasteiger partial charge in [0, 0.05) is 23.7 Å². The van der Waals surface area contributed by atoms with Crippen molar-refractivity contribution in [2.45, 2.75) is 39.2 Å². The molecule has 2 aromatic rings. The van der Waals surface area contributed by atoms with Crippen LogP contribution < -0.4 is 10.1 Å². The largest absolute Gasteiger partial charge is 0.487 e. The number of nitrogens with zero attached hydrogens (tertiary/aromatic N) is 3. The molecule has 1 atom stereocenters. The van der Waals surface area contributed by atoms with E-state index < -0.39 is 0 Å². The summed E-state index contributed by atoms with van der Waals surface area (Å²) in [6, 6.07) is 2.95. The van der Waals surface area contributed by atoms with E-state index in [1.165, 1.54) is 12.1 Å². The number of aromatic nitrogens is 2. The van der Waals surface area contributed by atoms with Crippen molar-refractivity contribution in [3.63, 3.8) is 0 Å². The van der Waals surface area contributed by atoms with Crippen molar-refractivity contribution >= 4 is 5.91 Å². The fraction of sp³-hybridized carbons (Fsp3) is 0.476. The molecule has 0 saturated carbocycles. The number of likely N-dealkylation sites (tertiary alicyclic amines) is 1. The summed E-state index contributed by atoms with van der Waals surface area (Å²) in [4.78, 5) is 23.2. The number of aryl methyl sites for hydroxylation is 2. The summed E-state index contributed by atoms with van der Waals surface area (Å²) < 4.78 is 20.3. The Hall–Kier alpha value is -2.54. The van der Waals surface area contributed by atoms with Crippen molar-refractivity contribution in [3.05, 3.63) is 41.1 Å². The van der Waals surface area contributed by atoms with E-state index in [2.05, 4.69) is 20.2 Å². The molecule has 4 rings (SSSR count). The summed E-state index contributed by atoms with van der Waals surface area (Å²) in [5, 5.41) is 2.95. The molecule has 1 fully saturated rings. The zero-order valence-corrected chi connectivity index (χ0v) is 16.3. The molecule has 1 unspecified atom stereocenters. The lowest BCUT2D eigenvalue weighted by molar-refractivity contribution is -0.122. The second-order valence-corrected chi connectivity index (χ2v) is 7.62. The molecule has 1 N–H and O–H groups in total. The van der Waals surface area contributed by atoms with Gasteiger partial charge in [0.25, 0.3) is 0 Å². The number of hydrogen-bond acceptors (Lipinski definition) is 5. The molecule has 1 aromatic heterocycles. The minimum absolute atomic E-state index is 0.00764. The van der Waals surface area contributed by atoms with Gasteiger partial charge < -0.3 is 10.1 Å². The Morgan fingerprint density at radius 2 is 2.11 bits per heavy atom. The molecule has 1 saturated heterocycles. The maximum absolute atomic E-state index is 14.2. The van der Waals surface area contributed by atoms with Gasteiger partial charge in [0.05, 0.1) is 30.2 Å². The minimum atomic E-state index is -0.321. The monoisotopic (exact) mass is 384 g/mol. The highest BCUT2D eigenvalue weighted by molar-refractivity contribution is 5.78. The second-order valence-electron chi connectivity index (χ2n) is 7.62. The first-order valence-corrected chi connectivity index (χ1v) is 9.78. The fourth-order valence-electron chi connectivity index (χ4n) is 3.90. The van der Waals surface area contributed by atoms with Crippen molar-refractivity contribution in [2.75, 3.05) is 26.2 Å². The van der Waals surface area contributed by atoms with Gasteiger partial charge in [-0.25, -0.2) is 9.37 Å². The van der Waals surface area contributed by atoms with Crippen LogP contribution in [0, 0.1) is 19.7 Å². The van der Waals surface area contributed by atoms with Crippen LogP contribution in [0.1, 0.15) is 29.8 Å². The minimum Gasteiger partial charge on any atom is -0.487 e. The number of fused-ring (bicyclic) bond motifs is 1. The molecule has 7 heteroatoms. The molecule has 1 amide bonds. The standard InChI is InChI=1S/C21H25FN4O2/c1-13-10-23-14(2)20(25-13)18-9-16(22)7-15-8-17(28-21(15)18)11-24-19(27)12-26-5-3-4-6-26/h7,9-10,17H,3-6,8,11-12H2,1-2H3,(H,24,27). The molecule has 6 nitrogen and oxygen atoms in total. The SMILES string of the molecule is Cc1cnc(C)c(-c2cc(F)cc3c2OC(CNC(=O)CN2CCCC2)C3)n1. The highest BCUT2D eigenvalue weighted by Crippen LogP contribution is 2.39. The van der Waals surface area contributed by atoms with Gasteiger partial charge in [0.2, 0.25) is 5.91 Å². The van der Waals surface area contributed by atoms with Gasteiger partial charge in [-0.2, -0.15) is 0 Å². The number of halogens is 1. The summed E-state index contributed by atoms with van der Waals surface area (Å²) in [5.74, 6) is 0.329. The zero-order valence-electron chi connectivity index (χ0n) is 16.3. The van der Waals surface area contributed by atoms with Crippen LogP contribution in [-0.4, -0.2) is 53.1 Å². The van der Waals surface area contributed by atoms with Crippen LogP contribution in [0.15, 0.2) is 18.3 Å². The van der Waals surface area contributed by atoms with E-state index in [1.807, 2.05) is 13.8 Å². The van der Waals surface area contributed by atoms with Gasteiger partial charge in [-0.3, -0.25) is 14.7 Å². The smallest absolute Gasteiger partial charge is 0.234 e. The van der Waals surface area contributed by atoms with Gasteiger partial charge in [0.15, 0.2) is 0 Å². The molecule has 0 spiro atoms. The number of carbonyl (C=O) groups excluding carboxylic acids is 1. The van der Waals surface area contributed by atoms with Crippen LogP contribution in [0.4, 0.5) is 4.39 Å². The molecule has 148 valence electrons. The van der Waals surface area contributed by atoms with E-state index in [0.29, 0.717) is 36.5 Å². The number of hydrogen-bond donors (Lipinski definition) is 1. The Morgan fingerprint density at radius 1 is 1.32 bits per heavy atom. The summed E-state index contributed by atoms with van der Waals surface area (Å²) >= 11 is 0. The summed E-state index contributed by atoms with van der Waals surface area (Å²) in [7, 11) is 0. The van der Waals surface area contributed by atoms with Crippen molar-refractivity contribution < 1.29 is 13.9 Å². The maximum atomic E-state index is 14.2. The predicted molar refractivity (Wildman–Crippen MR) is 104 cm³/mol. The van der Waals surface area contributed by atoms with Gasteiger partial charge in [0.1, 0.15) is 17.7 Å². The van der Waals surface area contributed by atoms with E-state index in [1.54, 1.807) is 6.20 Å². The Balaban J connectivity index is 1.47. The van der Waals surface area contributed by atoms with Crippen LogP contribution in [0.5, 0.6) is 5.75 Å². The van der Waals surface area contributed by atoms with Crippen molar-refractivity contribution in [1.29, 1.82) is 0 Å². The Bertz CT molecular complexity index is 896. The number of carbonyl (C=O) groups is 1. The quantitative estimate of drug-likeness (QED) is 0.858. The lowest BCUT2D eigenvalue weighted by Gasteiger charge is -2.16. The molecule has 1 aromatic carbocycles. The highest BCUT2D eigenvalue weighted by Gasteiger charge is 2.28. The zero-order chi connectivity index (χ0) is 19.7. The van der Waals surface area contributed by atoms with Crippen molar-refractivity contribution in [1.82, 2.24) is 20.2 Å². The molecular formula is C21H25FN4O2. The molecule has 28 heavy (non-hydrogen) atoms. The molecule has 3 heterocycles. The van der Waals surface area contributed by atoms with Gasteiger partial charge in [-0.05, 0) is 51.9 Å². The first-order chi connectivity index (χ1) is 13.5. The lowest BCUT2D eigenvalue weighted by atomic mass is 10.0. The molecular weight excluding hydrogens is 359 g/mol. The first kappa shape index (κ1) is 18.8. The van der Waals surface area contributed by atoms with Crippen LogP contribution in [0.3, 0.4) is 0 Å². The van der Waals surface area contributed by atoms with Gasteiger partial charge >= 0.3 is 0 Å². The number of ether oxygens (including phenoxy) is 1. The van der Waals surface area contributed by atoms with Crippen molar-refractivity contribution in [2.24, 2.45) is 0 Å². The maximum Gasteiger partial charge on any atom is 0.234 e. The van der Waals surface area contributed by atoms with Crippen LogP contribution >= 0.6 is 0 Å². The van der Waals surface area contributed by atoms with Crippen LogP contribution in [0.25, 0.3) is 11.3 Å². The Morgan fingerprint density at radius 3 is 2.89 bits per heavy atom. The third-order valence-corrected chi connectivity index (χ3v) is 5.29. The molecule has 0 aliphatic carbocycles. The second kappa shape index (κ2) is 7.83. The Labute approximate surface area is 164 Å². The summed E-state index contributed by atoms with van der Waals surface area (Å²) in [6.07, 6.45) is 4.35. The molecule has 0 bridgehead atoms. The molecule has 2 aliphatic heterocycles. The summed E-state index contributed by atoms with van der Waals surface area (Å²) in [6.45, 7) is 6.51. The number of nitrogens with one attached hydrogen (secondary N) is 1. The van der Waals surface area contributed by atoms with E-state index in [-0.39, 0.29) is 17.8 Å². The average Bonchev–Trinajstić information content (AvgIpc) is 3.30. The van der Waals surface area contributed by atoms with E-state index in [0.717, 1.165) is 42.9 Å². The first-order valence-electron chi connectivity index (χ1n) is 9.78. The van der Waals surface area contributed by atoms with Crippen molar-refractivity contribution in [3.8, 4) is 17.0 Å². The third kappa shape index (κ3) is 3.99. The Kier molecular flexibility index (Phi) is 5.26. The van der Waals surface area contributed by atoms with E-state index in [4.69, 9.17) is 4.74 Å². The summed E-state index contributed by atoms with van der Waals surface area (Å²) in [5.41, 5.74) is 3.55. The number of amides is 1. The van der Waals surface area contributed by atoms with E-state index in [9.17, 15) is 9.18 Å². The average molecular weight is 384 g/mol. The normalized spacial score (nSPS) is 18.8. The van der Waals surface area contributed by atoms with Gasteiger partial charge in [-0.15, -0.1) is 0 Å². The third-order valence-electron chi connectivity index (χ3n) is 5.29. The topological polar surface area (TPSA) is 67.3 Å². The van der Waals surface area contributed by atoms with E-state index >= 15 is 0 Å². The fourth-order valence-corrected chi connectivity index (χ4v) is 3.90. The molecule has 0 radical (unpaired) electrons. The number of benzene rings is 1. The lowest BCUT2D eigenvalue weighted by Crippen LogP contribution is -2.40. The highest BCUT2D eigenvalue weighted by atomic mass is 19.1. The number of rotatable bonds is 5. The molecule has 2 aliphatic rings. The van der Waals surface area contributed by atoms with Crippen LogP contribution in [-0.2, 0) is 11.2 Å².